The number of furan rings is 2. The van der Waals surface area contributed by atoms with E-state index in [1.54, 1.807) is 24.3 Å². The Hall–Kier alpha value is -3.80. The van der Waals surface area contributed by atoms with Gasteiger partial charge >= 0.3 is 11.9 Å². The summed E-state index contributed by atoms with van der Waals surface area (Å²) in [6.07, 6.45) is 5.75. The maximum absolute atomic E-state index is 11.9. The van der Waals surface area contributed by atoms with Gasteiger partial charge in [-0.1, -0.05) is 18.2 Å². The second-order valence-electron chi connectivity index (χ2n) is 6.60. The van der Waals surface area contributed by atoms with Crippen molar-refractivity contribution in [1.29, 1.82) is 0 Å². The van der Waals surface area contributed by atoms with Crippen molar-refractivity contribution in [3.05, 3.63) is 94.9 Å². The first-order valence-corrected chi connectivity index (χ1v) is 9.38. The highest BCUT2D eigenvalue weighted by atomic mass is 16.5. The Labute approximate surface area is 174 Å². The number of ether oxygens (including phenoxy) is 2. The van der Waals surface area contributed by atoms with Crippen molar-refractivity contribution >= 4 is 24.1 Å². The van der Waals surface area contributed by atoms with Gasteiger partial charge in [-0.15, -0.1) is 0 Å². The molecule has 0 atom stereocenters. The predicted octanol–water partition coefficient (Wildman–Crippen LogP) is 5.00. The van der Waals surface area contributed by atoms with E-state index in [4.69, 9.17) is 18.3 Å². The molecule has 0 aliphatic carbocycles. The molecule has 0 radical (unpaired) electrons. The Kier molecular flexibility index (Phi) is 7.05. The number of rotatable bonds is 8. The van der Waals surface area contributed by atoms with Crippen LogP contribution in [0, 0.1) is 13.8 Å². The van der Waals surface area contributed by atoms with E-state index >= 15 is 0 Å². The maximum Gasteiger partial charge on any atom is 0.331 e. The van der Waals surface area contributed by atoms with Gasteiger partial charge in [-0.3, -0.25) is 0 Å². The molecule has 0 unspecified atom stereocenters. The Morgan fingerprint density at radius 1 is 0.767 bits per heavy atom. The van der Waals surface area contributed by atoms with E-state index in [9.17, 15) is 9.59 Å². The molecule has 0 fully saturated rings. The molecule has 0 bridgehead atoms. The van der Waals surface area contributed by atoms with Gasteiger partial charge in [-0.25, -0.2) is 9.59 Å². The van der Waals surface area contributed by atoms with E-state index in [-0.39, 0.29) is 13.2 Å². The Morgan fingerprint density at radius 2 is 1.23 bits per heavy atom. The van der Waals surface area contributed by atoms with E-state index in [0.717, 1.165) is 22.6 Å². The standard InChI is InChI=1S/C24H22O6/c1-17-6-8-21(29-17)10-12-23(25)27-15-19-4-3-5-20(14-19)16-28-24(26)13-11-22-9-7-18(2)30-22/h3-14H,15-16H2,1-2H3. The highest BCUT2D eigenvalue weighted by Gasteiger charge is 2.04. The number of esters is 2. The molecule has 0 amide bonds. The molecule has 30 heavy (non-hydrogen) atoms. The fraction of sp³-hybridized carbons (Fsp3) is 0.167. The van der Waals surface area contributed by atoms with Crippen LogP contribution >= 0.6 is 0 Å². The van der Waals surface area contributed by atoms with Crippen LogP contribution in [0.5, 0.6) is 0 Å². The summed E-state index contributed by atoms with van der Waals surface area (Å²) in [7, 11) is 0. The van der Waals surface area contributed by atoms with Gasteiger partial charge in [0, 0.05) is 12.2 Å². The summed E-state index contributed by atoms with van der Waals surface area (Å²) in [6, 6.07) is 14.5. The summed E-state index contributed by atoms with van der Waals surface area (Å²) in [6.45, 7) is 3.88. The van der Waals surface area contributed by atoms with Crippen molar-refractivity contribution in [2.24, 2.45) is 0 Å². The van der Waals surface area contributed by atoms with Crippen molar-refractivity contribution in [1.82, 2.24) is 0 Å². The molecule has 0 aliphatic rings. The highest BCUT2D eigenvalue weighted by molar-refractivity contribution is 5.87. The Balaban J connectivity index is 1.45. The fourth-order valence-corrected chi connectivity index (χ4v) is 2.60. The van der Waals surface area contributed by atoms with Crippen LogP contribution in [0.2, 0.25) is 0 Å². The molecule has 0 N–H and O–H groups in total. The van der Waals surface area contributed by atoms with E-state index in [1.165, 1.54) is 12.2 Å². The average molecular weight is 406 g/mol. The Bertz CT molecular complexity index is 985. The summed E-state index contributed by atoms with van der Waals surface area (Å²) in [4.78, 5) is 23.7. The lowest BCUT2D eigenvalue weighted by Crippen LogP contribution is -2.03. The quantitative estimate of drug-likeness (QED) is 0.387. The SMILES string of the molecule is Cc1ccc(C=CC(=O)OCc2cccc(COC(=O)C=Cc3ccc(C)o3)c2)o1. The van der Waals surface area contributed by atoms with Gasteiger partial charge in [0.15, 0.2) is 0 Å². The minimum absolute atomic E-state index is 0.111. The number of hydrogen-bond donors (Lipinski definition) is 0. The molecule has 3 aromatic rings. The molecule has 0 spiro atoms. The van der Waals surface area contributed by atoms with Crippen LogP contribution in [0.1, 0.15) is 34.2 Å². The molecule has 2 aromatic heterocycles. The molecule has 2 heterocycles. The lowest BCUT2D eigenvalue weighted by Gasteiger charge is -2.06. The monoisotopic (exact) mass is 406 g/mol. The van der Waals surface area contributed by atoms with E-state index < -0.39 is 11.9 Å². The van der Waals surface area contributed by atoms with E-state index in [1.807, 2.05) is 50.2 Å². The zero-order valence-electron chi connectivity index (χ0n) is 16.8. The molecular weight excluding hydrogens is 384 g/mol. The van der Waals surface area contributed by atoms with Crippen LogP contribution in [0.25, 0.3) is 12.2 Å². The van der Waals surface area contributed by atoms with Gasteiger partial charge in [0.05, 0.1) is 0 Å². The van der Waals surface area contributed by atoms with Crippen LogP contribution < -0.4 is 0 Å². The number of benzene rings is 1. The van der Waals surface area contributed by atoms with Crippen LogP contribution in [-0.2, 0) is 32.3 Å². The van der Waals surface area contributed by atoms with Gasteiger partial charge in [0.1, 0.15) is 36.3 Å². The lowest BCUT2D eigenvalue weighted by molar-refractivity contribution is -0.139. The average Bonchev–Trinajstić information content (AvgIpc) is 3.35. The maximum atomic E-state index is 11.9. The molecule has 3 rings (SSSR count). The molecule has 6 nitrogen and oxygen atoms in total. The summed E-state index contributed by atoms with van der Waals surface area (Å²) in [5.41, 5.74) is 1.58. The molecular formula is C24H22O6. The van der Waals surface area contributed by atoms with Gasteiger partial charge in [0.25, 0.3) is 0 Å². The Morgan fingerprint density at radius 3 is 1.63 bits per heavy atom. The van der Waals surface area contributed by atoms with Crippen molar-refractivity contribution in [2.45, 2.75) is 27.1 Å². The van der Waals surface area contributed by atoms with Crippen molar-refractivity contribution < 1.29 is 27.9 Å². The van der Waals surface area contributed by atoms with Crippen LogP contribution in [0.3, 0.4) is 0 Å². The molecule has 6 heteroatoms. The third-order valence-corrected chi connectivity index (χ3v) is 4.04. The zero-order valence-corrected chi connectivity index (χ0v) is 16.8. The number of aryl methyl sites for hydroxylation is 2. The first-order chi connectivity index (χ1) is 14.5. The van der Waals surface area contributed by atoms with Gasteiger partial charge < -0.3 is 18.3 Å². The highest BCUT2D eigenvalue weighted by Crippen LogP contribution is 2.11. The molecule has 0 aliphatic heterocycles. The first-order valence-electron chi connectivity index (χ1n) is 9.38. The minimum Gasteiger partial charge on any atom is -0.462 e. The summed E-state index contributed by atoms with van der Waals surface area (Å²) < 4.78 is 21.2. The summed E-state index contributed by atoms with van der Waals surface area (Å²) in [5, 5.41) is 0. The molecule has 0 saturated heterocycles. The van der Waals surface area contributed by atoms with Crippen LogP contribution in [0.4, 0.5) is 0 Å². The normalized spacial score (nSPS) is 11.3. The smallest absolute Gasteiger partial charge is 0.331 e. The van der Waals surface area contributed by atoms with Crippen molar-refractivity contribution in [2.75, 3.05) is 0 Å². The number of carbonyl (C=O) groups excluding carboxylic acids is 2. The van der Waals surface area contributed by atoms with Gasteiger partial charge in [-0.05, 0) is 67.5 Å². The van der Waals surface area contributed by atoms with Crippen molar-refractivity contribution in [3.8, 4) is 0 Å². The first kappa shape index (κ1) is 20.9. The van der Waals surface area contributed by atoms with Crippen LogP contribution in [-0.4, -0.2) is 11.9 Å². The van der Waals surface area contributed by atoms with Crippen LogP contribution in [0.15, 0.2) is 69.5 Å². The zero-order chi connectivity index (χ0) is 21.3. The number of carbonyl (C=O) groups is 2. The molecule has 0 saturated carbocycles. The van der Waals surface area contributed by atoms with Crippen molar-refractivity contribution in [3.63, 3.8) is 0 Å². The van der Waals surface area contributed by atoms with Gasteiger partial charge in [0.2, 0.25) is 0 Å². The fourth-order valence-electron chi connectivity index (χ4n) is 2.60. The van der Waals surface area contributed by atoms with E-state index in [2.05, 4.69) is 0 Å². The second-order valence-corrected chi connectivity index (χ2v) is 6.60. The largest absolute Gasteiger partial charge is 0.462 e. The lowest BCUT2D eigenvalue weighted by atomic mass is 10.1. The predicted molar refractivity (Wildman–Crippen MR) is 111 cm³/mol. The third-order valence-electron chi connectivity index (χ3n) is 4.04. The topological polar surface area (TPSA) is 78.9 Å². The summed E-state index contributed by atoms with van der Waals surface area (Å²) >= 11 is 0. The second kappa shape index (κ2) is 10.1. The third kappa shape index (κ3) is 6.67. The molecule has 154 valence electrons. The summed E-state index contributed by atoms with van der Waals surface area (Å²) in [5.74, 6) is 1.77. The number of hydrogen-bond acceptors (Lipinski definition) is 6. The van der Waals surface area contributed by atoms with Gasteiger partial charge in [-0.2, -0.15) is 0 Å². The molecule has 1 aromatic carbocycles. The minimum atomic E-state index is -0.473. The van der Waals surface area contributed by atoms with E-state index in [0.29, 0.717) is 11.5 Å².